The number of rotatable bonds is 3. The van der Waals surface area contributed by atoms with E-state index < -0.39 is 0 Å². The van der Waals surface area contributed by atoms with E-state index in [1.165, 1.54) is 11.1 Å². The van der Waals surface area contributed by atoms with Crippen LogP contribution in [0.25, 0.3) is 0 Å². The van der Waals surface area contributed by atoms with Crippen molar-refractivity contribution >= 4 is 11.6 Å². The van der Waals surface area contributed by atoms with E-state index in [0.717, 1.165) is 5.69 Å². The first-order valence-electron chi connectivity index (χ1n) is 4.57. The van der Waals surface area contributed by atoms with Crippen LogP contribution in [0.3, 0.4) is 0 Å². The fourth-order valence-corrected chi connectivity index (χ4v) is 1.29. The number of hydrogen-bond donors (Lipinski definition) is 1. The van der Waals surface area contributed by atoms with Gasteiger partial charge in [-0.15, -0.1) is 0 Å². The first-order valence-corrected chi connectivity index (χ1v) is 4.57. The Morgan fingerprint density at radius 2 is 2.00 bits per heavy atom. The first kappa shape index (κ1) is 10.6. The molecule has 0 aliphatic carbocycles. The zero-order valence-electron chi connectivity index (χ0n) is 8.87. The molecule has 76 valence electrons. The number of amides is 1. The number of nitrogens with two attached hydrogens (primary N) is 1. The lowest BCUT2D eigenvalue weighted by atomic mass is 10.1. The third-order valence-corrected chi connectivity index (χ3v) is 2.32. The van der Waals surface area contributed by atoms with Gasteiger partial charge in [-0.2, -0.15) is 0 Å². The first-order chi connectivity index (χ1) is 6.50. The lowest BCUT2D eigenvalue weighted by Gasteiger charge is -2.18. The molecule has 0 spiro atoms. The van der Waals surface area contributed by atoms with Gasteiger partial charge in [0.25, 0.3) is 0 Å². The Balaban J connectivity index is 2.85. The molecule has 3 heteroatoms. The fourth-order valence-electron chi connectivity index (χ4n) is 1.29. The van der Waals surface area contributed by atoms with Crippen molar-refractivity contribution in [3.8, 4) is 0 Å². The molecule has 0 saturated heterocycles. The van der Waals surface area contributed by atoms with E-state index in [2.05, 4.69) is 19.9 Å². The van der Waals surface area contributed by atoms with Crippen LogP contribution in [0, 0.1) is 13.8 Å². The zero-order valence-corrected chi connectivity index (χ0v) is 8.87. The molecular formula is C11H16N2O. The highest BCUT2D eigenvalue weighted by atomic mass is 16.1. The molecule has 0 aliphatic rings. The molecule has 0 fully saturated rings. The highest BCUT2D eigenvalue weighted by molar-refractivity contribution is 5.79. The molecule has 1 rings (SSSR count). The summed E-state index contributed by atoms with van der Waals surface area (Å²) in [5.41, 5.74) is 8.61. The lowest BCUT2D eigenvalue weighted by Crippen LogP contribution is -2.30. The van der Waals surface area contributed by atoms with Gasteiger partial charge in [-0.1, -0.05) is 6.07 Å². The Hall–Kier alpha value is -1.51. The van der Waals surface area contributed by atoms with E-state index in [1.54, 1.807) is 0 Å². The molecule has 3 nitrogen and oxygen atoms in total. The highest BCUT2D eigenvalue weighted by Gasteiger charge is 2.04. The fraction of sp³-hybridized carbons (Fsp3) is 0.364. The van der Waals surface area contributed by atoms with Gasteiger partial charge in [0, 0.05) is 12.7 Å². The normalized spacial score (nSPS) is 9.93. The number of nitrogens with zero attached hydrogens (tertiary/aromatic N) is 1. The van der Waals surface area contributed by atoms with Crippen molar-refractivity contribution in [1.82, 2.24) is 0 Å². The zero-order chi connectivity index (χ0) is 10.7. The summed E-state index contributed by atoms with van der Waals surface area (Å²) >= 11 is 0. The van der Waals surface area contributed by atoms with Crippen LogP contribution in [0.15, 0.2) is 18.2 Å². The van der Waals surface area contributed by atoms with Gasteiger partial charge in [0.1, 0.15) is 0 Å². The van der Waals surface area contributed by atoms with E-state index >= 15 is 0 Å². The molecule has 0 saturated carbocycles. The van der Waals surface area contributed by atoms with Crippen LogP contribution in [-0.2, 0) is 4.79 Å². The standard InChI is InChI=1S/C11H16N2O/c1-8-4-5-10(6-9(8)2)13(3)7-11(12)14/h4-6H,7H2,1-3H3,(H2,12,14). The van der Waals surface area contributed by atoms with Crippen LogP contribution < -0.4 is 10.6 Å². The van der Waals surface area contributed by atoms with Gasteiger partial charge in [0.2, 0.25) is 5.91 Å². The van der Waals surface area contributed by atoms with Crippen molar-refractivity contribution < 1.29 is 4.79 Å². The average molecular weight is 192 g/mol. The second kappa shape index (κ2) is 4.13. The summed E-state index contributed by atoms with van der Waals surface area (Å²) in [5.74, 6) is -0.314. The molecule has 0 atom stereocenters. The summed E-state index contributed by atoms with van der Waals surface area (Å²) in [6.45, 7) is 4.37. The van der Waals surface area contributed by atoms with E-state index in [9.17, 15) is 4.79 Å². The number of likely N-dealkylation sites (N-methyl/N-ethyl adjacent to an activating group) is 1. The van der Waals surface area contributed by atoms with Crippen LogP contribution in [0.1, 0.15) is 11.1 Å². The molecule has 1 aromatic rings. The Labute approximate surface area is 84.5 Å². The number of carbonyl (C=O) groups excluding carboxylic acids is 1. The quantitative estimate of drug-likeness (QED) is 0.782. The van der Waals surface area contributed by atoms with Crippen molar-refractivity contribution in [3.05, 3.63) is 29.3 Å². The van der Waals surface area contributed by atoms with Gasteiger partial charge in [0.15, 0.2) is 0 Å². The van der Waals surface area contributed by atoms with Crippen molar-refractivity contribution in [3.63, 3.8) is 0 Å². The predicted molar refractivity (Wildman–Crippen MR) is 58.4 cm³/mol. The van der Waals surface area contributed by atoms with Gasteiger partial charge in [-0.3, -0.25) is 4.79 Å². The van der Waals surface area contributed by atoms with E-state index in [0.29, 0.717) is 0 Å². The van der Waals surface area contributed by atoms with Crippen LogP contribution >= 0.6 is 0 Å². The Kier molecular flexibility index (Phi) is 3.12. The second-order valence-electron chi connectivity index (χ2n) is 3.59. The SMILES string of the molecule is Cc1ccc(N(C)CC(N)=O)cc1C. The molecule has 0 unspecified atom stereocenters. The number of primary amides is 1. The van der Waals surface area contributed by atoms with Crippen molar-refractivity contribution in [2.75, 3.05) is 18.5 Å². The molecule has 14 heavy (non-hydrogen) atoms. The minimum Gasteiger partial charge on any atom is -0.368 e. The molecule has 1 amide bonds. The Morgan fingerprint density at radius 1 is 1.36 bits per heavy atom. The van der Waals surface area contributed by atoms with E-state index in [4.69, 9.17) is 5.73 Å². The lowest BCUT2D eigenvalue weighted by molar-refractivity contribution is -0.116. The molecule has 1 aromatic carbocycles. The van der Waals surface area contributed by atoms with Crippen LogP contribution in [-0.4, -0.2) is 19.5 Å². The van der Waals surface area contributed by atoms with Gasteiger partial charge in [0.05, 0.1) is 6.54 Å². The van der Waals surface area contributed by atoms with Gasteiger partial charge in [-0.05, 0) is 37.1 Å². The van der Waals surface area contributed by atoms with Crippen molar-refractivity contribution in [2.24, 2.45) is 5.73 Å². The van der Waals surface area contributed by atoms with Crippen molar-refractivity contribution in [2.45, 2.75) is 13.8 Å². The topological polar surface area (TPSA) is 46.3 Å². The number of hydrogen-bond acceptors (Lipinski definition) is 2. The number of benzene rings is 1. The minimum atomic E-state index is -0.314. The summed E-state index contributed by atoms with van der Waals surface area (Å²) in [6, 6.07) is 6.09. The molecule has 0 aromatic heterocycles. The van der Waals surface area contributed by atoms with E-state index in [-0.39, 0.29) is 12.5 Å². The van der Waals surface area contributed by atoms with Crippen LogP contribution in [0.4, 0.5) is 5.69 Å². The molecule has 0 heterocycles. The third-order valence-electron chi connectivity index (χ3n) is 2.32. The third kappa shape index (κ3) is 2.49. The summed E-state index contributed by atoms with van der Waals surface area (Å²) in [6.07, 6.45) is 0. The molecule has 0 aliphatic heterocycles. The smallest absolute Gasteiger partial charge is 0.236 e. The van der Waals surface area contributed by atoms with Crippen LogP contribution in [0.5, 0.6) is 0 Å². The molecule has 0 radical (unpaired) electrons. The summed E-state index contributed by atoms with van der Waals surface area (Å²) in [5, 5.41) is 0. The monoisotopic (exact) mass is 192 g/mol. The number of aryl methyl sites for hydroxylation is 2. The Morgan fingerprint density at radius 3 is 2.50 bits per heavy atom. The summed E-state index contributed by atoms with van der Waals surface area (Å²) in [7, 11) is 1.86. The number of carbonyl (C=O) groups is 1. The second-order valence-corrected chi connectivity index (χ2v) is 3.59. The van der Waals surface area contributed by atoms with Crippen molar-refractivity contribution in [1.29, 1.82) is 0 Å². The Bertz CT molecular complexity index is 347. The van der Waals surface area contributed by atoms with E-state index in [1.807, 2.05) is 24.1 Å². The molecular weight excluding hydrogens is 176 g/mol. The predicted octanol–water partition coefficient (Wildman–Crippen LogP) is 1.22. The summed E-state index contributed by atoms with van der Waals surface area (Å²) in [4.78, 5) is 12.6. The van der Waals surface area contributed by atoms with Crippen LogP contribution in [0.2, 0.25) is 0 Å². The largest absolute Gasteiger partial charge is 0.368 e. The van der Waals surface area contributed by atoms with Gasteiger partial charge >= 0.3 is 0 Å². The summed E-state index contributed by atoms with van der Waals surface area (Å²) < 4.78 is 0. The number of anilines is 1. The molecule has 2 N–H and O–H groups in total. The minimum absolute atomic E-state index is 0.252. The molecule has 0 bridgehead atoms. The van der Waals surface area contributed by atoms with Gasteiger partial charge < -0.3 is 10.6 Å². The van der Waals surface area contributed by atoms with Gasteiger partial charge in [-0.25, -0.2) is 0 Å². The highest BCUT2D eigenvalue weighted by Crippen LogP contribution is 2.16. The maximum Gasteiger partial charge on any atom is 0.236 e. The average Bonchev–Trinajstić information content (AvgIpc) is 2.08. The maximum atomic E-state index is 10.7. The maximum absolute atomic E-state index is 10.7.